The zero-order valence-corrected chi connectivity index (χ0v) is 18.2. The van der Waals surface area contributed by atoms with Crippen LogP contribution in [0.2, 0.25) is 0 Å². The molecule has 0 N–H and O–H groups in total. The Kier molecular flexibility index (Phi) is 4.09. The van der Waals surface area contributed by atoms with E-state index in [-0.39, 0.29) is 0 Å². The van der Waals surface area contributed by atoms with Crippen molar-refractivity contribution in [2.24, 2.45) is 7.05 Å². The maximum absolute atomic E-state index is 9.01. The van der Waals surface area contributed by atoms with Crippen LogP contribution in [-0.4, -0.2) is 0 Å². The Morgan fingerprint density at radius 3 is 2.52 bits per heavy atom. The molecule has 31 heavy (non-hydrogen) atoms. The van der Waals surface area contributed by atoms with E-state index < -0.39 is 5.89 Å². The van der Waals surface area contributed by atoms with E-state index in [9.17, 15) is 0 Å². The van der Waals surface area contributed by atoms with Gasteiger partial charge in [-0.05, 0) is 65.8 Å². The summed E-state index contributed by atoms with van der Waals surface area (Å²) in [5.41, 5.74) is 6.65. The Labute approximate surface area is 184 Å². The van der Waals surface area contributed by atoms with Crippen LogP contribution in [0.1, 0.15) is 50.5 Å². The molecule has 3 aromatic carbocycles. The third-order valence-corrected chi connectivity index (χ3v) is 6.97. The van der Waals surface area contributed by atoms with Crippen LogP contribution in [-0.2, 0) is 7.05 Å². The number of fused-ring (bicyclic) bond motifs is 4. The Morgan fingerprint density at radius 2 is 1.68 bits per heavy atom. The molecule has 2 heterocycles. The van der Waals surface area contributed by atoms with E-state index in [1.54, 1.807) is 0 Å². The van der Waals surface area contributed by atoms with Gasteiger partial charge in [0.1, 0.15) is 12.6 Å². The zero-order chi connectivity index (χ0) is 21.9. The van der Waals surface area contributed by atoms with Crippen molar-refractivity contribution in [1.82, 2.24) is 0 Å². The number of furan rings is 1. The van der Waals surface area contributed by atoms with Crippen molar-refractivity contribution in [3.8, 4) is 11.3 Å². The molecule has 0 atom stereocenters. The number of hydrogen-bond acceptors (Lipinski definition) is 1. The Hall–Kier alpha value is -3.13. The van der Waals surface area contributed by atoms with Gasteiger partial charge in [-0.2, -0.15) is 4.57 Å². The van der Waals surface area contributed by atoms with Crippen LogP contribution in [0.4, 0.5) is 0 Å². The third-order valence-electron chi connectivity index (χ3n) is 6.97. The maximum Gasteiger partial charge on any atom is 0.213 e. The van der Waals surface area contributed by atoms with Crippen molar-refractivity contribution in [3.05, 3.63) is 78.0 Å². The molecule has 2 nitrogen and oxygen atoms in total. The maximum atomic E-state index is 9.01. The molecule has 0 amide bonds. The fraction of sp³-hybridized carbons (Fsp3) is 0.276. The highest BCUT2D eigenvalue weighted by molar-refractivity contribution is 6.10. The topological polar surface area (TPSA) is 17.0 Å². The largest absolute Gasteiger partial charge is 0.450 e. The molecule has 0 bridgehead atoms. The van der Waals surface area contributed by atoms with Gasteiger partial charge in [0.15, 0.2) is 5.58 Å². The van der Waals surface area contributed by atoms with E-state index in [0.29, 0.717) is 0 Å². The number of pyridine rings is 1. The van der Waals surface area contributed by atoms with E-state index in [4.69, 9.17) is 5.79 Å². The monoisotopic (exact) mass is 407 g/mol. The predicted octanol–water partition coefficient (Wildman–Crippen LogP) is 7.59. The summed E-state index contributed by atoms with van der Waals surface area (Å²) in [5.74, 6) is -0.439. The summed E-state index contributed by atoms with van der Waals surface area (Å²) in [4.78, 5) is 0. The van der Waals surface area contributed by atoms with Crippen molar-refractivity contribution in [2.75, 3.05) is 0 Å². The minimum absolute atomic E-state index is 0.439. The smallest absolute Gasteiger partial charge is 0.213 e. The van der Waals surface area contributed by atoms with Gasteiger partial charge in [-0.3, -0.25) is 0 Å². The summed E-state index contributed by atoms with van der Waals surface area (Å²) in [6, 6.07) is 21.8. The Morgan fingerprint density at radius 1 is 0.871 bits per heavy atom. The van der Waals surface area contributed by atoms with Gasteiger partial charge in [-0.25, -0.2) is 0 Å². The molecule has 1 saturated carbocycles. The average molecular weight is 408 g/mol. The highest BCUT2D eigenvalue weighted by Crippen LogP contribution is 2.37. The first-order valence-corrected chi connectivity index (χ1v) is 11.4. The Balaban J connectivity index is 1.53. The first-order valence-electron chi connectivity index (χ1n) is 11.9. The van der Waals surface area contributed by atoms with E-state index in [1.807, 2.05) is 0 Å². The minimum Gasteiger partial charge on any atom is -0.450 e. The van der Waals surface area contributed by atoms with Gasteiger partial charge in [0.05, 0.1) is 0 Å². The highest BCUT2D eigenvalue weighted by Gasteiger charge is 2.19. The van der Waals surface area contributed by atoms with Gasteiger partial charge >= 0.3 is 0 Å². The number of hydrogen-bond donors (Lipinski definition) is 0. The number of rotatable bonds is 2. The average Bonchev–Trinajstić information content (AvgIpc) is 3.13. The SMILES string of the molecule is [2H]C1(c2ccc3cc4c(cc3c2)oc2c[n+](C)c(-c3ccccc3C)cc24)CCCCC1. The van der Waals surface area contributed by atoms with Crippen LogP contribution in [0, 0.1) is 6.92 Å². The second-order valence-corrected chi connectivity index (χ2v) is 9.04. The summed E-state index contributed by atoms with van der Waals surface area (Å²) in [5, 5.41) is 4.66. The van der Waals surface area contributed by atoms with Crippen LogP contribution in [0.5, 0.6) is 0 Å². The number of nitrogens with zero attached hydrogens (tertiary/aromatic N) is 1. The van der Waals surface area contributed by atoms with Gasteiger partial charge in [0.25, 0.3) is 0 Å². The van der Waals surface area contributed by atoms with Crippen LogP contribution in [0.3, 0.4) is 0 Å². The summed E-state index contributed by atoms with van der Waals surface area (Å²) in [7, 11) is 2.08. The van der Waals surface area contributed by atoms with E-state index >= 15 is 0 Å². The fourth-order valence-electron chi connectivity index (χ4n) is 5.22. The van der Waals surface area contributed by atoms with Crippen molar-refractivity contribution in [2.45, 2.75) is 44.9 Å². The van der Waals surface area contributed by atoms with E-state index in [0.717, 1.165) is 58.6 Å². The van der Waals surface area contributed by atoms with Crippen LogP contribution in [0.15, 0.2) is 71.3 Å². The molecular weight excluding hydrogens is 378 g/mol. The molecular formula is C29H28NO+. The molecule has 1 fully saturated rings. The molecule has 0 radical (unpaired) electrons. The lowest BCUT2D eigenvalue weighted by atomic mass is 9.83. The summed E-state index contributed by atoms with van der Waals surface area (Å²) >= 11 is 0. The van der Waals surface area contributed by atoms with Gasteiger partial charge in [-0.1, -0.05) is 55.7 Å². The van der Waals surface area contributed by atoms with Gasteiger partial charge in [-0.15, -0.1) is 0 Å². The van der Waals surface area contributed by atoms with Crippen LogP contribution < -0.4 is 4.57 Å². The number of aryl methyl sites for hydroxylation is 2. The third kappa shape index (κ3) is 3.13. The molecule has 0 aliphatic heterocycles. The predicted molar refractivity (Wildman–Crippen MR) is 128 cm³/mol. The first-order chi connectivity index (χ1) is 15.5. The van der Waals surface area contributed by atoms with Crippen molar-refractivity contribution >= 4 is 32.7 Å². The molecule has 6 rings (SSSR count). The molecule has 5 aromatic rings. The van der Waals surface area contributed by atoms with Gasteiger partial charge < -0.3 is 4.42 Å². The van der Waals surface area contributed by atoms with Crippen molar-refractivity contribution in [3.63, 3.8) is 0 Å². The van der Waals surface area contributed by atoms with Gasteiger partial charge in [0.2, 0.25) is 11.9 Å². The minimum atomic E-state index is -0.439. The van der Waals surface area contributed by atoms with Crippen LogP contribution >= 0.6 is 0 Å². The molecule has 1 aliphatic carbocycles. The summed E-state index contributed by atoms with van der Waals surface area (Å²) in [6.45, 7) is 2.16. The normalized spacial score (nSPS) is 16.8. The first kappa shape index (κ1) is 17.5. The lowest BCUT2D eigenvalue weighted by Crippen LogP contribution is -2.30. The second-order valence-electron chi connectivity index (χ2n) is 9.04. The number of benzene rings is 3. The quantitative estimate of drug-likeness (QED) is 0.276. The molecule has 2 aromatic heterocycles. The van der Waals surface area contributed by atoms with E-state index in [2.05, 4.69) is 85.4 Å². The lowest BCUT2D eigenvalue weighted by Gasteiger charge is -2.22. The Bertz CT molecular complexity index is 1490. The van der Waals surface area contributed by atoms with E-state index in [1.165, 1.54) is 28.6 Å². The fourth-order valence-corrected chi connectivity index (χ4v) is 5.22. The molecule has 0 spiro atoms. The molecule has 0 unspecified atom stereocenters. The summed E-state index contributed by atoms with van der Waals surface area (Å²) < 4.78 is 17.5. The zero-order valence-electron chi connectivity index (χ0n) is 19.2. The standard InChI is InChI=1S/C29H28NO/c1-19-8-6-7-11-24(19)27-17-26-25-15-22-13-12-21(20-9-4-3-5-10-20)14-23(22)16-28(25)31-29(26)18-30(27)2/h6-8,11-18,20H,3-5,9-10H2,1-2H3/q+1/i20D. The highest BCUT2D eigenvalue weighted by atomic mass is 16.3. The number of aromatic nitrogens is 1. The lowest BCUT2D eigenvalue weighted by molar-refractivity contribution is -0.659. The van der Waals surface area contributed by atoms with Gasteiger partial charge in [0, 0.05) is 23.8 Å². The molecule has 1 aliphatic rings. The summed E-state index contributed by atoms with van der Waals surface area (Å²) in [6.07, 6.45) is 7.59. The van der Waals surface area contributed by atoms with Crippen molar-refractivity contribution < 1.29 is 10.4 Å². The van der Waals surface area contributed by atoms with Crippen LogP contribution in [0.25, 0.3) is 44.0 Å². The van der Waals surface area contributed by atoms with Crippen molar-refractivity contribution in [1.29, 1.82) is 0 Å². The second kappa shape index (κ2) is 7.23. The molecule has 2 heteroatoms. The molecule has 154 valence electrons. The molecule has 0 saturated heterocycles.